The first-order chi connectivity index (χ1) is 9.20. The van der Waals surface area contributed by atoms with Gasteiger partial charge in [0.15, 0.2) is 0 Å². The Balaban J connectivity index is 3.10. The second-order valence-electron chi connectivity index (χ2n) is 4.69. The van der Waals surface area contributed by atoms with Crippen LogP contribution in [0.5, 0.6) is 5.75 Å². The number of rotatable bonds is 5. The summed E-state index contributed by atoms with van der Waals surface area (Å²) in [5.74, 6) is -0.0932. The van der Waals surface area contributed by atoms with Crippen molar-refractivity contribution in [2.24, 2.45) is 0 Å². The number of allylic oxidation sites excluding steroid dienone is 1. The van der Waals surface area contributed by atoms with Crippen LogP contribution in [0.2, 0.25) is 0 Å². The maximum absolute atomic E-state index is 13.3. The predicted molar refractivity (Wildman–Crippen MR) is 71.5 cm³/mol. The summed E-state index contributed by atoms with van der Waals surface area (Å²) >= 11 is 0. The van der Waals surface area contributed by atoms with Crippen molar-refractivity contribution in [1.29, 1.82) is 0 Å². The fourth-order valence-corrected chi connectivity index (χ4v) is 1.70. The summed E-state index contributed by atoms with van der Waals surface area (Å²) in [6.07, 6.45) is -1.73. The second-order valence-corrected chi connectivity index (χ2v) is 4.69. The molecule has 0 radical (unpaired) electrons. The smallest absolute Gasteiger partial charge is 0.401 e. The van der Waals surface area contributed by atoms with Gasteiger partial charge in [0.25, 0.3) is 0 Å². The molecule has 110 valence electrons. The molecule has 1 aromatic rings. The minimum atomic E-state index is -4.49. The molecule has 0 amide bonds. The molecule has 1 rings (SSSR count). The number of phenolic OH excluding ortho intramolecular Hbond substituents is 1. The van der Waals surface area contributed by atoms with Crippen LogP contribution in [-0.2, 0) is 5.41 Å². The summed E-state index contributed by atoms with van der Waals surface area (Å²) in [6, 6.07) is 4.89. The molecule has 0 aliphatic carbocycles. The Morgan fingerprint density at radius 3 is 2.25 bits per heavy atom. The monoisotopic (exact) mass is 286 g/mol. The maximum atomic E-state index is 13.3. The van der Waals surface area contributed by atoms with Gasteiger partial charge in [0.05, 0.1) is 6.10 Å². The van der Waals surface area contributed by atoms with Gasteiger partial charge in [-0.05, 0) is 31.0 Å². The number of aliphatic hydroxyl groups excluding tert-OH is 1. The van der Waals surface area contributed by atoms with Gasteiger partial charge in [-0.2, -0.15) is 13.2 Å². The number of phenols is 1. The quantitative estimate of drug-likeness (QED) is 0.810. The number of aromatic hydroxyl groups is 1. The van der Waals surface area contributed by atoms with Crippen molar-refractivity contribution in [3.63, 3.8) is 0 Å². The molecule has 2 nitrogen and oxygen atoms in total. The lowest BCUT2D eigenvalue weighted by Gasteiger charge is -2.29. The van der Waals surface area contributed by atoms with E-state index >= 15 is 0 Å². The van der Waals surface area contributed by atoms with Crippen LogP contribution in [-0.4, -0.2) is 22.5 Å². The van der Waals surface area contributed by atoms with Gasteiger partial charge >= 0.3 is 6.18 Å². The number of halogens is 3. The van der Waals surface area contributed by atoms with Gasteiger partial charge < -0.3 is 10.2 Å². The van der Waals surface area contributed by atoms with Crippen LogP contribution in [0.1, 0.15) is 18.9 Å². The summed E-state index contributed by atoms with van der Waals surface area (Å²) in [7, 11) is 0. The fraction of sp³-hybridized carbons (Fsp3) is 0.333. The number of hydrogen-bond acceptors (Lipinski definition) is 2. The van der Waals surface area contributed by atoms with Gasteiger partial charge in [0, 0.05) is 0 Å². The van der Waals surface area contributed by atoms with Crippen molar-refractivity contribution in [3.05, 3.63) is 54.6 Å². The minimum Gasteiger partial charge on any atom is -0.508 e. The molecule has 0 aromatic heterocycles. The van der Waals surface area contributed by atoms with Gasteiger partial charge in [0.1, 0.15) is 11.2 Å². The third kappa shape index (κ3) is 3.63. The molecule has 2 N–H and O–H groups in total. The zero-order valence-corrected chi connectivity index (χ0v) is 11.1. The van der Waals surface area contributed by atoms with E-state index in [1.54, 1.807) is 0 Å². The van der Waals surface area contributed by atoms with Crippen LogP contribution in [0.4, 0.5) is 13.2 Å². The molecule has 20 heavy (non-hydrogen) atoms. The maximum Gasteiger partial charge on any atom is 0.401 e. The second kappa shape index (κ2) is 6.13. The molecule has 0 fully saturated rings. The molecular formula is C15H17F3O2. The first kappa shape index (κ1) is 16.3. The lowest BCUT2D eigenvalue weighted by atomic mass is 9.81. The normalized spacial score (nSPS) is 16.9. The number of aliphatic hydroxyl groups is 1. The standard InChI is InChI=1S/C15H17F3O2/c1-3-12(19)5-4-10-14(2,15(16,17)18)11-6-8-13(20)9-7-11/h3-4,6-10,12,19-20H,1,5H2,2H3/b10-4+. The molecule has 2 unspecified atom stereocenters. The van der Waals surface area contributed by atoms with Crippen molar-refractivity contribution in [2.45, 2.75) is 31.0 Å². The van der Waals surface area contributed by atoms with E-state index in [2.05, 4.69) is 6.58 Å². The van der Waals surface area contributed by atoms with Crippen molar-refractivity contribution in [1.82, 2.24) is 0 Å². The number of hydrogen-bond donors (Lipinski definition) is 2. The van der Waals surface area contributed by atoms with Gasteiger partial charge in [-0.15, -0.1) is 6.58 Å². The van der Waals surface area contributed by atoms with Gasteiger partial charge in [-0.3, -0.25) is 0 Å². The Labute approximate surface area is 115 Å². The largest absolute Gasteiger partial charge is 0.508 e. The van der Waals surface area contributed by atoms with E-state index in [-0.39, 0.29) is 17.7 Å². The van der Waals surface area contributed by atoms with Crippen LogP contribution >= 0.6 is 0 Å². The van der Waals surface area contributed by atoms with E-state index in [0.717, 1.165) is 13.0 Å². The topological polar surface area (TPSA) is 40.5 Å². The Hall–Kier alpha value is -1.75. The molecule has 0 saturated heterocycles. The molecule has 0 saturated carbocycles. The first-order valence-corrected chi connectivity index (χ1v) is 6.05. The van der Waals surface area contributed by atoms with Crippen LogP contribution in [0.25, 0.3) is 0 Å². The van der Waals surface area contributed by atoms with E-state index < -0.39 is 17.7 Å². The average molecular weight is 286 g/mol. The molecule has 2 atom stereocenters. The highest BCUT2D eigenvalue weighted by Gasteiger charge is 2.50. The van der Waals surface area contributed by atoms with E-state index in [1.165, 1.54) is 36.4 Å². The Kier molecular flexibility index (Phi) is 5.00. The molecule has 0 heterocycles. The molecule has 1 aromatic carbocycles. The van der Waals surface area contributed by atoms with E-state index in [0.29, 0.717) is 0 Å². The SMILES string of the molecule is C=CC(O)C/C=C/C(C)(c1ccc(O)cc1)C(F)(F)F. The van der Waals surface area contributed by atoms with Gasteiger partial charge in [-0.25, -0.2) is 0 Å². The lowest BCUT2D eigenvalue weighted by molar-refractivity contribution is -0.171. The highest BCUT2D eigenvalue weighted by Crippen LogP contribution is 2.42. The van der Waals surface area contributed by atoms with Crippen molar-refractivity contribution in [2.75, 3.05) is 0 Å². The van der Waals surface area contributed by atoms with Crippen LogP contribution in [0, 0.1) is 0 Å². The molecule has 5 heteroatoms. The summed E-state index contributed by atoms with van der Waals surface area (Å²) in [5, 5.41) is 18.4. The summed E-state index contributed by atoms with van der Waals surface area (Å²) < 4.78 is 39.9. The summed E-state index contributed by atoms with van der Waals surface area (Å²) in [5.41, 5.74) is -2.16. The number of alkyl halides is 3. The first-order valence-electron chi connectivity index (χ1n) is 6.05. The molecule has 0 aliphatic rings. The third-order valence-electron chi connectivity index (χ3n) is 3.16. The third-order valence-corrected chi connectivity index (χ3v) is 3.16. The molecule has 0 bridgehead atoms. The Morgan fingerprint density at radius 2 is 1.80 bits per heavy atom. The lowest BCUT2D eigenvalue weighted by Crippen LogP contribution is -2.37. The van der Waals surface area contributed by atoms with E-state index in [4.69, 9.17) is 5.11 Å². The van der Waals surface area contributed by atoms with Crippen LogP contribution in [0.3, 0.4) is 0 Å². The van der Waals surface area contributed by atoms with Gasteiger partial charge in [0.2, 0.25) is 0 Å². The van der Waals surface area contributed by atoms with Crippen LogP contribution in [0.15, 0.2) is 49.1 Å². The number of benzene rings is 1. The molecular weight excluding hydrogens is 269 g/mol. The summed E-state index contributed by atoms with van der Waals surface area (Å²) in [4.78, 5) is 0. The Morgan fingerprint density at radius 1 is 1.25 bits per heavy atom. The van der Waals surface area contributed by atoms with E-state index in [9.17, 15) is 18.3 Å². The van der Waals surface area contributed by atoms with E-state index in [1.807, 2.05) is 0 Å². The molecule has 0 spiro atoms. The molecule has 0 aliphatic heterocycles. The van der Waals surface area contributed by atoms with Gasteiger partial charge in [-0.1, -0.05) is 30.4 Å². The summed E-state index contributed by atoms with van der Waals surface area (Å²) in [6.45, 7) is 4.41. The highest BCUT2D eigenvalue weighted by molar-refractivity contribution is 5.36. The Bertz CT molecular complexity index is 477. The zero-order chi connectivity index (χ0) is 15.4. The zero-order valence-electron chi connectivity index (χ0n) is 11.1. The minimum absolute atomic E-state index is 0.0205. The van der Waals surface area contributed by atoms with Crippen molar-refractivity contribution in [3.8, 4) is 5.75 Å². The predicted octanol–water partition coefficient (Wildman–Crippen LogP) is 3.71. The van der Waals surface area contributed by atoms with Crippen LogP contribution < -0.4 is 0 Å². The fourth-order valence-electron chi connectivity index (χ4n) is 1.70. The van der Waals surface area contributed by atoms with Crippen molar-refractivity contribution >= 4 is 0 Å². The highest BCUT2D eigenvalue weighted by atomic mass is 19.4. The van der Waals surface area contributed by atoms with Crippen molar-refractivity contribution < 1.29 is 23.4 Å². The average Bonchev–Trinajstić information content (AvgIpc) is 2.37.